The van der Waals surface area contributed by atoms with E-state index in [9.17, 15) is 9.59 Å². The largest absolute Gasteiger partial charge is 0.375 e. The smallest absolute Gasteiger partial charge is 0.226 e. The van der Waals surface area contributed by atoms with Crippen molar-refractivity contribution in [3.63, 3.8) is 0 Å². The van der Waals surface area contributed by atoms with Crippen LogP contribution in [-0.2, 0) is 15.0 Å². The Balaban J connectivity index is 1.55. The Hall–Kier alpha value is -2.41. The number of benzene rings is 1. The lowest BCUT2D eigenvalue weighted by Gasteiger charge is -2.42. The highest BCUT2D eigenvalue weighted by molar-refractivity contribution is 7.13. The molecule has 2 aliphatic rings. The van der Waals surface area contributed by atoms with Gasteiger partial charge in [-0.2, -0.15) is 0 Å². The van der Waals surface area contributed by atoms with E-state index >= 15 is 0 Å². The summed E-state index contributed by atoms with van der Waals surface area (Å²) >= 11 is 1.46. The number of nitrogens with zero attached hydrogens (tertiary/aromatic N) is 2. The molecule has 1 atom stereocenters. The molecule has 7 heteroatoms. The minimum atomic E-state index is -0.212. The second-order valence-electron chi connectivity index (χ2n) is 7.38. The van der Waals surface area contributed by atoms with Crippen LogP contribution in [0.2, 0.25) is 0 Å². The number of aromatic nitrogens is 1. The second-order valence-corrected chi connectivity index (χ2v) is 8.27. The van der Waals surface area contributed by atoms with Crippen LogP contribution < -0.4 is 11.1 Å². The van der Waals surface area contributed by atoms with Crippen LogP contribution in [0.4, 0.5) is 5.13 Å². The Morgan fingerprint density at radius 3 is 2.63 bits per heavy atom. The summed E-state index contributed by atoms with van der Waals surface area (Å²) in [7, 11) is 0. The molecule has 3 N–H and O–H groups in total. The number of rotatable bonds is 3. The van der Waals surface area contributed by atoms with Gasteiger partial charge in [-0.25, -0.2) is 4.98 Å². The van der Waals surface area contributed by atoms with Gasteiger partial charge in [0.2, 0.25) is 11.8 Å². The van der Waals surface area contributed by atoms with Crippen LogP contribution in [0.3, 0.4) is 0 Å². The van der Waals surface area contributed by atoms with Gasteiger partial charge in [0, 0.05) is 42.8 Å². The van der Waals surface area contributed by atoms with Crippen molar-refractivity contribution in [2.75, 3.05) is 25.4 Å². The molecule has 4 rings (SSSR count). The third kappa shape index (κ3) is 3.43. The monoisotopic (exact) mass is 384 g/mol. The van der Waals surface area contributed by atoms with Gasteiger partial charge in [0.15, 0.2) is 5.13 Å². The molecule has 1 aromatic heterocycles. The van der Waals surface area contributed by atoms with Crippen molar-refractivity contribution in [2.24, 2.45) is 5.92 Å². The standard InChI is InChI=1S/C20H24N4O2S/c21-19-23-16(13-27-19)20(15-4-2-1-3-5-15)7-10-24(11-8-20)18(26)14-6-9-22-17(25)12-14/h1-5,13-14H,6-12H2,(H2,21,23)(H,22,25). The third-order valence-electron chi connectivity index (χ3n) is 5.86. The average Bonchev–Trinajstić information content (AvgIpc) is 3.15. The number of nitrogens with one attached hydrogen (secondary N) is 1. The van der Waals surface area contributed by atoms with Crippen molar-refractivity contribution in [3.05, 3.63) is 47.0 Å². The molecule has 0 aliphatic carbocycles. The molecule has 2 aromatic rings. The number of piperidine rings is 2. The van der Waals surface area contributed by atoms with Crippen LogP contribution in [0.15, 0.2) is 35.7 Å². The summed E-state index contributed by atoms with van der Waals surface area (Å²) in [4.78, 5) is 31.1. The Kier molecular flexibility index (Phi) is 4.86. The minimum absolute atomic E-state index is 0.0202. The molecule has 2 aliphatic heterocycles. The van der Waals surface area contributed by atoms with Gasteiger partial charge in [-0.15, -0.1) is 11.3 Å². The van der Waals surface area contributed by atoms with E-state index in [0.717, 1.165) is 25.0 Å². The third-order valence-corrected chi connectivity index (χ3v) is 6.54. The summed E-state index contributed by atoms with van der Waals surface area (Å²) in [5.41, 5.74) is 7.92. The van der Waals surface area contributed by atoms with E-state index in [-0.39, 0.29) is 23.1 Å². The molecule has 142 valence electrons. The zero-order valence-corrected chi connectivity index (χ0v) is 16.0. The van der Waals surface area contributed by atoms with Crippen LogP contribution >= 0.6 is 11.3 Å². The van der Waals surface area contributed by atoms with Crippen LogP contribution in [0, 0.1) is 5.92 Å². The Morgan fingerprint density at radius 1 is 1.26 bits per heavy atom. The minimum Gasteiger partial charge on any atom is -0.375 e. The zero-order valence-electron chi connectivity index (χ0n) is 15.2. The van der Waals surface area contributed by atoms with Gasteiger partial charge in [-0.1, -0.05) is 30.3 Å². The zero-order chi connectivity index (χ0) is 18.9. The maximum absolute atomic E-state index is 12.9. The van der Waals surface area contributed by atoms with Crippen LogP contribution in [0.1, 0.15) is 36.9 Å². The number of hydrogen-bond acceptors (Lipinski definition) is 5. The van der Waals surface area contributed by atoms with E-state index in [4.69, 9.17) is 5.73 Å². The molecule has 6 nitrogen and oxygen atoms in total. The first-order valence-electron chi connectivity index (χ1n) is 9.41. The summed E-state index contributed by atoms with van der Waals surface area (Å²) in [5, 5.41) is 5.42. The van der Waals surface area contributed by atoms with E-state index in [0.29, 0.717) is 31.2 Å². The summed E-state index contributed by atoms with van der Waals surface area (Å²) < 4.78 is 0. The second kappa shape index (κ2) is 7.31. The molecule has 1 unspecified atom stereocenters. The number of carbonyl (C=O) groups is 2. The number of carbonyl (C=O) groups excluding carboxylic acids is 2. The lowest BCUT2D eigenvalue weighted by molar-refractivity contribution is -0.141. The molecule has 0 saturated carbocycles. The molecule has 3 heterocycles. The van der Waals surface area contributed by atoms with Gasteiger partial charge in [0.1, 0.15) is 0 Å². The highest BCUT2D eigenvalue weighted by atomic mass is 32.1. The maximum Gasteiger partial charge on any atom is 0.226 e. The van der Waals surface area contributed by atoms with Crippen LogP contribution in [-0.4, -0.2) is 41.3 Å². The molecular formula is C20H24N4O2S. The molecule has 0 bridgehead atoms. The number of amides is 2. The van der Waals surface area contributed by atoms with Crippen molar-refractivity contribution < 1.29 is 9.59 Å². The SMILES string of the molecule is Nc1nc(C2(c3ccccc3)CCN(C(=O)C3CCNC(=O)C3)CC2)cs1. The van der Waals surface area contributed by atoms with E-state index < -0.39 is 0 Å². The summed E-state index contributed by atoms with van der Waals surface area (Å²) in [6, 6.07) is 10.4. The van der Waals surface area contributed by atoms with Gasteiger partial charge >= 0.3 is 0 Å². The molecule has 27 heavy (non-hydrogen) atoms. The van der Waals surface area contributed by atoms with Crippen LogP contribution in [0.5, 0.6) is 0 Å². The number of thiazole rings is 1. The van der Waals surface area contributed by atoms with E-state index in [1.807, 2.05) is 28.5 Å². The molecule has 0 spiro atoms. The maximum atomic E-state index is 12.9. The van der Waals surface area contributed by atoms with Gasteiger partial charge < -0.3 is 16.0 Å². The topological polar surface area (TPSA) is 88.3 Å². The average molecular weight is 385 g/mol. The summed E-state index contributed by atoms with van der Waals surface area (Å²) in [6.45, 7) is 1.93. The summed E-state index contributed by atoms with van der Waals surface area (Å²) in [5.74, 6) is -0.0876. The van der Waals surface area contributed by atoms with E-state index in [1.165, 1.54) is 16.9 Å². The number of anilines is 1. The Bertz CT molecular complexity index is 828. The summed E-state index contributed by atoms with van der Waals surface area (Å²) in [6.07, 6.45) is 2.66. The quantitative estimate of drug-likeness (QED) is 0.849. The number of nitrogens with two attached hydrogens (primary N) is 1. The molecule has 2 saturated heterocycles. The fourth-order valence-electron chi connectivity index (χ4n) is 4.32. The Morgan fingerprint density at radius 2 is 2.00 bits per heavy atom. The van der Waals surface area contributed by atoms with Crippen molar-refractivity contribution in [1.29, 1.82) is 0 Å². The van der Waals surface area contributed by atoms with Crippen molar-refractivity contribution in [1.82, 2.24) is 15.2 Å². The lowest BCUT2D eigenvalue weighted by atomic mass is 9.70. The van der Waals surface area contributed by atoms with Crippen molar-refractivity contribution in [2.45, 2.75) is 31.1 Å². The normalized spacial score (nSPS) is 22.3. The molecule has 1 aromatic carbocycles. The van der Waals surface area contributed by atoms with E-state index in [1.54, 1.807) is 0 Å². The van der Waals surface area contributed by atoms with Crippen LogP contribution in [0.25, 0.3) is 0 Å². The van der Waals surface area contributed by atoms with Crippen molar-refractivity contribution >= 4 is 28.3 Å². The fourth-order valence-corrected chi connectivity index (χ4v) is 4.98. The highest BCUT2D eigenvalue weighted by Crippen LogP contribution is 2.42. The molecule has 2 amide bonds. The molecular weight excluding hydrogens is 360 g/mol. The molecule has 0 radical (unpaired) electrons. The van der Waals surface area contributed by atoms with Gasteiger partial charge in [-0.05, 0) is 24.8 Å². The predicted molar refractivity (Wildman–Crippen MR) is 105 cm³/mol. The van der Waals surface area contributed by atoms with Gasteiger partial charge in [0.25, 0.3) is 0 Å². The molecule has 2 fully saturated rings. The number of likely N-dealkylation sites (tertiary alicyclic amines) is 1. The Labute approximate surface area is 162 Å². The van der Waals surface area contributed by atoms with Gasteiger partial charge in [-0.3, -0.25) is 9.59 Å². The first-order valence-corrected chi connectivity index (χ1v) is 10.3. The predicted octanol–water partition coefficient (Wildman–Crippen LogP) is 2.16. The fraction of sp³-hybridized carbons (Fsp3) is 0.450. The number of hydrogen-bond donors (Lipinski definition) is 2. The highest BCUT2D eigenvalue weighted by Gasteiger charge is 2.42. The lowest BCUT2D eigenvalue weighted by Crippen LogP contribution is -2.49. The first kappa shape index (κ1) is 18.0. The van der Waals surface area contributed by atoms with E-state index in [2.05, 4.69) is 22.4 Å². The van der Waals surface area contributed by atoms with Crippen molar-refractivity contribution in [3.8, 4) is 0 Å². The first-order chi connectivity index (χ1) is 13.1. The van der Waals surface area contributed by atoms with Gasteiger partial charge in [0.05, 0.1) is 5.69 Å². The number of nitrogen functional groups attached to an aromatic ring is 1.